The second kappa shape index (κ2) is 26.1. The Balaban J connectivity index is 1.77. The van der Waals surface area contributed by atoms with Crippen LogP contribution in [-0.4, -0.2) is 81.9 Å². The average Bonchev–Trinajstić information content (AvgIpc) is 1.15. The van der Waals surface area contributed by atoms with Crippen LogP contribution in [0.4, 0.5) is 110 Å². The normalized spacial score (nSPS) is 13.3. The quantitative estimate of drug-likeness (QED) is 0.0453. The first-order chi connectivity index (χ1) is 39.7. The number of halogens is 25. The summed E-state index contributed by atoms with van der Waals surface area (Å²) in [5.41, 5.74) is -5.18. The van der Waals surface area contributed by atoms with E-state index in [-0.39, 0.29) is 23.6 Å². The molecule has 5 atom stereocenters. The number of benzene rings is 5. The highest BCUT2D eigenvalue weighted by Crippen LogP contribution is 2.38. The molecular formula is C50H33F25N6O5. The Kier molecular flexibility index (Phi) is 20.8. The van der Waals surface area contributed by atoms with Crippen molar-refractivity contribution in [2.75, 3.05) is 32.7 Å². The van der Waals surface area contributed by atoms with E-state index < -0.39 is 276 Å². The number of rotatable bonds is 20. The minimum absolute atomic E-state index is 0.208. The van der Waals surface area contributed by atoms with Crippen molar-refractivity contribution in [2.24, 2.45) is 5.73 Å². The van der Waals surface area contributed by atoms with Crippen molar-refractivity contribution >= 4 is 29.5 Å². The summed E-state index contributed by atoms with van der Waals surface area (Å²) in [6, 6.07) is -13.9. The second-order valence-corrected chi connectivity index (χ2v) is 18.3. The summed E-state index contributed by atoms with van der Waals surface area (Å²) >= 11 is 0. The smallest absolute Gasteiger partial charge is 0.243 e. The highest BCUT2D eigenvalue weighted by atomic mass is 19.2. The molecule has 0 spiro atoms. The zero-order valence-corrected chi connectivity index (χ0v) is 43.3. The second-order valence-electron chi connectivity index (χ2n) is 18.3. The van der Waals surface area contributed by atoms with Gasteiger partial charge >= 0.3 is 0 Å². The summed E-state index contributed by atoms with van der Waals surface area (Å²) in [6.45, 7) is -8.62. The molecule has 0 saturated carbocycles. The molecule has 0 aromatic heterocycles. The van der Waals surface area contributed by atoms with E-state index in [4.69, 9.17) is 5.73 Å². The molecule has 3 N–H and O–H groups in total. The number of primary amides is 1. The van der Waals surface area contributed by atoms with E-state index in [1.807, 2.05) is 5.32 Å². The fraction of sp³-hybridized carbons (Fsp3) is 0.300. The van der Waals surface area contributed by atoms with Crippen molar-refractivity contribution in [3.63, 3.8) is 0 Å². The summed E-state index contributed by atoms with van der Waals surface area (Å²) in [4.78, 5) is 68.4. The summed E-state index contributed by atoms with van der Waals surface area (Å²) < 4.78 is 370. The molecular weight excluding hydrogens is 1240 g/mol. The Hall–Kier alpha value is -8.34. The lowest BCUT2D eigenvalue weighted by atomic mass is 10.0. The van der Waals surface area contributed by atoms with E-state index >= 15 is 35.1 Å². The molecule has 0 fully saturated rings. The van der Waals surface area contributed by atoms with E-state index in [2.05, 4.69) is 0 Å². The topological polar surface area (TPSA) is 136 Å². The molecule has 0 bridgehead atoms. The number of carbonyl (C=O) groups is 5. The molecule has 11 nitrogen and oxygen atoms in total. The lowest BCUT2D eigenvalue weighted by Crippen LogP contribution is -2.52. The van der Waals surface area contributed by atoms with Crippen molar-refractivity contribution in [1.82, 2.24) is 24.9 Å². The molecule has 5 aromatic carbocycles. The van der Waals surface area contributed by atoms with Crippen molar-refractivity contribution in [3.8, 4) is 0 Å². The first-order valence-corrected chi connectivity index (χ1v) is 23.5. The van der Waals surface area contributed by atoms with Crippen LogP contribution in [0, 0.1) is 145 Å². The molecule has 5 aromatic rings. The molecule has 0 aliphatic rings. The van der Waals surface area contributed by atoms with Crippen LogP contribution < -0.4 is 11.1 Å². The summed E-state index contributed by atoms with van der Waals surface area (Å²) in [6.07, 6.45) is 0. The zero-order chi connectivity index (χ0) is 65.6. The first-order valence-electron chi connectivity index (χ1n) is 23.5. The minimum Gasteiger partial charge on any atom is -0.368 e. The molecule has 36 heteroatoms. The highest BCUT2D eigenvalue weighted by Gasteiger charge is 2.43. The van der Waals surface area contributed by atoms with Crippen molar-refractivity contribution in [3.05, 3.63) is 173 Å². The van der Waals surface area contributed by atoms with Gasteiger partial charge in [0.05, 0.1) is 59.5 Å². The van der Waals surface area contributed by atoms with Gasteiger partial charge in [-0.2, -0.15) is 0 Å². The minimum atomic E-state index is -3.06. The molecule has 0 aliphatic heterocycles. The molecule has 0 radical (unpaired) electrons. The van der Waals surface area contributed by atoms with Gasteiger partial charge in [0.25, 0.3) is 0 Å². The third-order valence-electron chi connectivity index (χ3n) is 13.3. The van der Waals surface area contributed by atoms with Crippen LogP contribution in [0.5, 0.6) is 0 Å². The standard InChI is InChI=1S/C50H33F25N6O5/c1-11(21-26(51)36(61)46(71)37(62)27(21)52)77-6-17(83)79(13(3)23-30(55)40(65)48(73)41(66)31(23)56)8-19(85)81(15(5)25-34(59)44(69)50(75)45(70)35(25)60)10-20(86)80(14(4)24-32(57)42(67)49(74)43(68)33(24)58)9-18(84)78(7-16(76)82)12(2)22-28(53)38(63)47(72)39(64)29(22)54/h11-15,77H,6-10H2,1-5H3,(H2,76,82)/t11-,12-,13-,14-,15-/m0/s1. The van der Waals surface area contributed by atoms with Gasteiger partial charge in [0.2, 0.25) is 58.6 Å². The third-order valence-corrected chi connectivity index (χ3v) is 13.3. The number of nitrogens with zero attached hydrogens (tertiary/aromatic N) is 4. The van der Waals surface area contributed by atoms with E-state index in [1.165, 1.54) is 0 Å². The number of nitrogens with one attached hydrogen (secondary N) is 1. The van der Waals surface area contributed by atoms with Crippen molar-refractivity contribution in [1.29, 1.82) is 0 Å². The zero-order valence-electron chi connectivity index (χ0n) is 43.3. The lowest BCUT2D eigenvalue weighted by molar-refractivity contribution is -0.150. The molecule has 0 unspecified atom stereocenters. The molecule has 5 rings (SSSR count). The van der Waals surface area contributed by atoms with Gasteiger partial charge in [-0.25, -0.2) is 110 Å². The van der Waals surface area contributed by atoms with Gasteiger partial charge in [-0.3, -0.25) is 24.0 Å². The highest BCUT2D eigenvalue weighted by molar-refractivity contribution is 5.92. The molecule has 0 aliphatic carbocycles. The molecule has 5 amide bonds. The molecule has 468 valence electrons. The van der Waals surface area contributed by atoms with E-state index in [1.54, 1.807) is 0 Å². The van der Waals surface area contributed by atoms with Crippen molar-refractivity contribution < 1.29 is 134 Å². The number of carbonyl (C=O) groups excluding carboxylic acids is 5. The maximum Gasteiger partial charge on any atom is 0.243 e. The predicted octanol–water partition coefficient (Wildman–Crippen LogP) is 10.7. The van der Waals surface area contributed by atoms with Crippen LogP contribution >= 0.6 is 0 Å². The van der Waals surface area contributed by atoms with Crippen LogP contribution in [0.25, 0.3) is 0 Å². The Bertz CT molecular complexity index is 3490. The van der Waals surface area contributed by atoms with Gasteiger partial charge in [0.15, 0.2) is 116 Å². The third kappa shape index (κ3) is 12.4. The van der Waals surface area contributed by atoms with Crippen LogP contribution in [-0.2, 0) is 24.0 Å². The summed E-state index contributed by atoms with van der Waals surface area (Å²) in [5, 5.41) is 1.83. The first kappa shape index (κ1) is 68.4. The maximum absolute atomic E-state index is 15.7. The Morgan fingerprint density at radius 3 is 0.640 bits per heavy atom. The van der Waals surface area contributed by atoms with Gasteiger partial charge in [-0.15, -0.1) is 0 Å². The molecule has 0 saturated heterocycles. The average molecular weight is 1270 g/mol. The largest absolute Gasteiger partial charge is 0.368 e. The van der Waals surface area contributed by atoms with Gasteiger partial charge < -0.3 is 30.7 Å². The fourth-order valence-electron chi connectivity index (χ4n) is 8.67. The Labute approximate surface area is 464 Å². The Morgan fingerprint density at radius 1 is 0.279 bits per heavy atom. The maximum atomic E-state index is 15.7. The lowest BCUT2D eigenvalue weighted by Gasteiger charge is -2.38. The van der Waals surface area contributed by atoms with Crippen LogP contribution in [0.3, 0.4) is 0 Å². The fourth-order valence-corrected chi connectivity index (χ4v) is 8.67. The number of nitrogens with two attached hydrogens (primary N) is 1. The van der Waals surface area contributed by atoms with Gasteiger partial charge in [-0.1, -0.05) is 0 Å². The Morgan fingerprint density at radius 2 is 0.442 bits per heavy atom. The van der Waals surface area contributed by atoms with Crippen LogP contribution in [0.15, 0.2) is 0 Å². The van der Waals surface area contributed by atoms with Crippen molar-refractivity contribution in [2.45, 2.75) is 64.8 Å². The summed E-state index contributed by atoms with van der Waals surface area (Å²) in [5.74, 6) is -80.6. The summed E-state index contributed by atoms with van der Waals surface area (Å²) in [7, 11) is 0. The van der Waals surface area contributed by atoms with Crippen LogP contribution in [0.2, 0.25) is 0 Å². The molecule has 86 heavy (non-hydrogen) atoms. The number of hydrogen-bond donors (Lipinski definition) is 2. The van der Waals surface area contributed by atoms with Gasteiger partial charge in [0, 0.05) is 11.6 Å². The van der Waals surface area contributed by atoms with Gasteiger partial charge in [-0.05, 0) is 34.6 Å². The monoisotopic (exact) mass is 1270 g/mol. The predicted molar refractivity (Wildman–Crippen MR) is 237 cm³/mol. The SMILES string of the molecule is C[C@H](NCC(=O)N(CC(=O)N(CC(=O)N(CC(=O)N(CC(N)=O)[C@@H](C)c1c(F)c(F)c(F)c(F)c1F)[C@@H](C)c1c(F)c(F)c(F)c(F)c1F)[C@@H](C)c1c(F)c(F)c(F)c(F)c1F)[C@@H](C)c1c(F)c(F)c(F)c(F)c1F)c1c(F)c(F)c(F)c(F)c1F. The number of hydrogen-bond acceptors (Lipinski definition) is 6. The van der Waals surface area contributed by atoms with Crippen LogP contribution in [0.1, 0.15) is 92.6 Å². The van der Waals surface area contributed by atoms with E-state index in [0.29, 0.717) is 20.8 Å². The molecule has 0 heterocycles. The van der Waals surface area contributed by atoms with Gasteiger partial charge in [0.1, 0.15) is 19.6 Å². The van der Waals surface area contributed by atoms with E-state index in [9.17, 15) is 98.6 Å². The number of amides is 5. The van der Waals surface area contributed by atoms with E-state index in [0.717, 1.165) is 0 Å².